The molecular weight excluding hydrogens is 392 g/mol. The van der Waals surface area contributed by atoms with Gasteiger partial charge in [-0.1, -0.05) is 6.42 Å². The minimum atomic E-state index is 0.527. The van der Waals surface area contributed by atoms with E-state index in [1.807, 2.05) is 18.5 Å². The van der Waals surface area contributed by atoms with Gasteiger partial charge in [0.15, 0.2) is 11.8 Å². The molecule has 2 aliphatic rings. The van der Waals surface area contributed by atoms with Crippen molar-refractivity contribution >= 4 is 5.96 Å². The van der Waals surface area contributed by atoms with Crippen LogP contribution in [0.3, 0.4) is 0 Å². The van der Waals surface area contributed by atoms with Gasteiger partial charge >= 0.3 is 0 Å². The van der Waals surface area contributed by atoms with Crippen LogP contribution in [0.25, 0.3) is 0 Å². The third-order valence-corrected chi connectivity index (χ3v) is 6.46. The summed E-state index contributed by atoms with van der Waals surface area (Å²) < 4.78 is 7.43. The van der Waals surface area contributed by atoms with E-state index in [0.29, 0.717) is 6.54 Å². The highest BCUT2D eigenvalue weighted by Crippen LogP contribution is 2.16. The molecule has 0 aliphatic carbocycles. The van der Waals surface area contributed by atoms with Gasteiger partial charge in [0.1, 0.15) is 12.4 Å². The number of morpholine rings is 1. The molecule has 1 atom stereocenters. The summed E-state index contributed by atoms with van der Waals surface area (Å²) in [7, 11) is 1.99. The van der Waals surface area contributed by atoms with Gasteiger partial charge in [0.25, 0.3) is 0 Å². The molecule has 1 aromatic heterocycles. The van der Waals surface area contributed by atoms with Crippen LogP contribution >= 0.6 is 0 Å². The second kappa shape index (κ2) is 13.0. The second-order valence-electron chi connectivity index (χ2n) is 8.78. The number of aliphatic imine (C=N–C) groups is 1. The molecule has 31 heavy (non-hydrogen) atoms. The van der Waals surface area contributed by atoms with Crippen LogP contribution in [-0.4, -0.2) is 95.6 Å². The molecule has 176 valence electrons. The fourth-order valence-electron chi connectivity index (χ4n) is 4.23. The summed E-state index contributed by atoms with van der Waals surface area (Å²) in [6.07, 6.45) is 6.27. The van der Waals surface area contributed by atoms with E-state index in [1.54, 1.807) is 0 Å². The van der Waals surface area contributed by atoms with Gasteiger partial charge in [-0.2, -0.15) is 0 Å². The monoisotopic (exact) mass is 434 g/mol. The van der Waals surface area contributed by atoms with Crippen molar-refractivity contribution in [2.75, 3.05) is 59.0 Å². The number of likely N-dealkylation sites (tertiary alicyclic amines) is 1. The van der Waals surface area contributed by atoms with Crippen LogP contribution in [0, 0.1) is 6.92 Å². The Kier molecular flexibility index (Phi) is 10.0. The zero-order chi connectivity index (χ0) is 21.9. The SMILES string of the molecule is Cc1nnc(CN=C(NCCCN2CCOCC2)NCCCN2CCCCC2C)n1C. The molecule has 9 heteroatoms. The number of hydrogen-bond donors (Lipinski definition) is 2. The molecule has 0 aromatic carbocycles. The van der Waals surface area contributed by atoms with E-state index in [4.69, 9.17) is 9.73 Å². The normalized spacial score (nSPS) is 21.4. The van der Waals surface area contributed by atoms with E-state index in [-0.39, 0.29) is 0 Å². The van der Waals surface area contributed by atoms with Crippen molar-refractivity contribution in [1.29, 1.82) is 0 Å². The average Bonchev–Trinajstić information content (AvgIpc) is 3.11. The Morgan fingerprint density at radius 1 is 1.06 bits per heavy atom. The van der Waals surface area contributed by atoms with Gasteiger partial charge in [0.05, 0.1) is 13.2 Å². The van der Waals surface area contributed by atoms with Crippen LogP contribution in [0.2, 0.25) is 0 Å². The topological polar surface area (TPSA) is 82.8 Å². The number of hydrogen-bond acceptors (Lipinski definition) is 6. The maximum Gasteiger partial charge on any atom is 0.191 e. The Bertz CT molecular complexity index is 670. The maximum absolute atomic E-state index is 5.43. The standard InChI is InChI=1S/C22H42N8O/c1-19-8-4-5-12-30(19)13-7-10-24-22(25-18-21-27-26-20(2)28(21)3)23-9-6-11-29-14-16-31-17-15-29/h19H,4-18H2,1-3H3,(H2,23,24,25). The quantitative estimate of drug-likeness (QED) is 0.325. The highest BCUT2D eigenvalue weighted by atomic mass is 16.5. The summed E-state index contributed by atoms with van der Waals surface area (Å²) in [6, 6.07) is 0.722. The minimum Gasteiger partial charge on any atom is -0.379 e. The molecule has 0 spiro atoms. The molecular formula is C22H42N8O. The number of aryl methyl sites for hydroxylation is 1. The lowest BCUT2D eigenvalue weighted by molar-refractivity contribution is 0.0376. The molecule has 2 saturated heterocycles. The summed E-state index contributed by atoms with van der Waals surface area (Å²) in [4.78, 5) is 9.87. The highest BCUT2D eigenvalue weighted by molar-refractivity contribution is 5.79. The molecule has 9 nitrogen and oxygen atoms in total. The lowest BCUT2D eigenvalue weighted by Crippen LogP contribution is -2.42. The molecule has 2 N–H and O–H groups in total. The first-order chi connectivity index (χ1) is 15.1. The molecule has 3 rings (SSSR count). The smallest absolute Gasteiger partial charge is 0.191 e. The summed E-state index contributed by atoms with van der Waals surface area (Å²) in [5.74, 6) is 2.66. The largest absolute Gasteiger partial charge is 0.379 e. The van der Waals surface area contributed by atoms with Crippen LogP contribution in [0.1, 0.15) is 50.7 Å². The van der Waals surface area contributed by atoms with Gasteiger partial charge in [-0.3, -0.25) is 4.90 Å². The van der Waals surface area contributed by atoms with Gasteiger partial charge in [0, 0.05) is 45.8 Å². The summed E-state index contributed by atoms with van der Waals surface area (Å²) in [6.45, 7) is 14.0. The molecule has 1 aromatic rings. The molecule has 2 aliphatic heterocycles. The minimum absolute atomic E-state index is 0.527. The van der Waals surface area contributed by atoms with Crippen molar-refractivity contribution in [2.45, 2.75) is 58.5 Å². The highest BCUT2D eigenvalue weighted by Gasteiger charge is 2.17. The molecule has 1 unspecified atom stereocenters. The molecule has 3 heterocycles. The number of nitrogens with zero attached hydrogens (tertiary/aromatic N) is 6. The van der Waals surface area contributed by atoms with Crippen molar-refractivity contribution in [3.05, 3.63) is 11.6 Å². The third-order valence-electron chi connectivity index (χ3n) is 6.46. The average molecular weight is 435 g/mol. The van der Waals surface area contributed by atoms with E-state index in [1.165, 1.54) is 25.8 Å². The number of guanidine groups is 1. The van der Waals surface area contributed by atoms with E-state index in [2.05, 4.69) is 37.6 Å². The Hall–Kier alpha value is -1.71. The summed E-state index contributed by atoms with van der Waals surface area (Å²) >= 11 is 0. The predicted molar refractivity (Wildman–Crippen MR) is 124 cm³/mol. The second-order valence-corrected chi connectivity index (χ2v) is 8.78. The zero-order valence-electron chi connectivity index (χ0n) is 19.8. The first-order valence-electron chi connectivity index (χ1n) is 12.0. The van der Waals surface area contributed by atoms with Gasteiger partial charge in [-0.05, 0) is 52.6 Å². The molecule has 0 amide bonds. The molecule has 0 saturated carbocycles. The van der Waals surface area contributed by atoms with E-state index in [0.717, 1.165) is 89.0 Å². The lowest BCUT2D eigenvalue weighted by atomic mass is 10.0. The molecule has 0 radical (unpaired) electrons. The van der Waals surface area contributed by atoms with Gasteiger partial charge in [-0.15, -0.1) is 10.2 Å². The van der Waals surface area contributed by atoms with Crippen LogP contribution in [-0.2, 0) is 18.3 Å². The van der Waals surface area contributed by atoms with Crippen LogP contribution in [0.5, 0.6) is 0 Å². The van der Waals surface area contributed by atoms with Crippen molar-refractivity contribution in [3.8, 4) is 0 Å². The Morgan fingerprint density at radius 3 is 2.48 bits per heavy atom. The number of nitrogens with one attached hydrogen (secondary N) is 2. The Labute approximate surface area is 187 Å². The lowest BCUT2D eigenvalue weighted by Gasteiger charge is -2.33. The number of aromatic nitrogens is 3. The van der Waals surface area contributed by atoms with Crippen LogP contribution in [0.4, 0.5) is 0 Å². The van der Waals surface area contributed by atoms with Crippen LogP contribution in [0.15, 0.2) is 4.99 Å². The third kappa shape index (κ3) is 8.05. The van der Waals surface area contributed by atoms with Crippen molar-refractivity contribution < 1.29 is 4.74 Å². The van der Waals surface area contributed by atoms with E-state index < -0.39 is 0 Å². The Morgan fingerprint density at radius 2 is 1.81 bits per heavy atom. The first kappa shape index (κ1) is 23.9. The predicted octanol–water partition coefficient (Wildman–Crippen LogP) is 1.15. The maximum atomic E-state index is 5.43. The van der Waals surface area contributed by atoms with Crippen molar-refractivity contribution in [3.63, 3.8) is 0 Å². The van der Waals surface area contributed by atoms with Gasteiger partial charge in [0.2, 0.25) is 0 Å². The number of rotatable bonds is 10. The van der Waals surface area contributed by atoms with Crippen molar-refractivity contribution in [1.82, 2.24) is 35.2 Å². The zero-order valence-corrected chi connectivity index (χ0v) is 19.8. The Balaban J connectivity index is 1.43. The van der Waals surface area contributed by atoms with E-state index >= 15 is 0 Å². The van der Waals surface area contributed by atoms with Crippen molar-refractivity contribution in [2.24, 2.45) is 12.0 Å². The first-order valence-corrected chi connectivity index (χ1v) is 12.0. The van der Waals surface area contributed by atoms with Gasteiger partial charge in [-0.25, -0.2) is 4.99 Å². The molecule has 2 fully saturated rings. The van der Waals surface area contributed by atoms with E-state index in [9.17, 15) is 0 Å². The fourth-order valence-corrected chi connectivity index (χ4v) is 4.23. The van der Waals surface area contributed by atoms with Crippen LogP contribution < -0.4 is 10.6 Å². The number of piperidine rings is 1. The fraction of sp³-hybridized carbons (Fsp3) is 0.864. The summed E-state index contributed by atoms with van der Waals surface area (Å²) in [5.41, 5.74) is 0. The van der Waals surface area contributed by atoms with Gasteiger partial charge < -0.3 is 24.8 Å². The summed E-state index contributed by atoms with van der Waals surface area (Å²) in [5, 5.41) is 15.4. The molecule has 0 bridgehead atoms. The number of ether oxygens (including phenoxy) is 1.